The molecule has 0 heterocycles. The van der Waals surface area contributed by atoms with Crippen molar-refractivity contribution in [2.24, 2.45) is 0 Å². The van der Waals surface area contributed by atoms with Gasteiger partial charge in [0, 0.05) is 12.3 Å². The highest BCUT2D eigenvalue weighted by molar-refractivity contribution is 6.32. The molecule has 0 aliphatic carbocycles. The summed E-state index contributed by atoms with van der Waals surface area (Å²) >= 11 is 11.8. The second-order valence-electron chi connectivity index (χ2n) is 4.11. The lowest BCUT2D eigenvalue weighted by molar-refractivity contribution is -0.174. The Morgan fingerprint density at radius 3 is 2.48 bits per heavy atom. The summed E-state index contributed by atoms with van der Waals surface area (Å²) in [6.07, 6.45) is -4.02. The highest BCUT2D eigenvalue weighted by atomic mass is 35.5. The van der Waals surface area contributed by atoms with Crippen molar-refractivity contribution in [1.82, 2.24) is 0 Å². The lowest BCUT2D eigenvalue weighted by Crippen LogP contribution is -2.18. The first kappa shape index (κ1) is 18.2. The van der Waals surface area contributed by atoms with Crippen molar-refractivity contribution in [2.45, 2.75) is 18.5 Å². The Kier molecular flexibility index (Phi) is 7.42. The maximum atomic E-state index is 11.9. The van der Waals surface area contributed by atoms with E-state index < -0.39 is 12.8 Å². The molecule has 0 spiro atoms. The fourth-order valence-electron chi connectivity index (χ4n) is 1.51. The van der Waals surface area contributed by atoms with Gasteiger partial charge in [0.05, 0.1) is 25.3 Å². The molecule has 0 bridgehead atoms. The maximum Gasteiger partial charge on any atom is 0.411 e. The SMILES string of the molecule is COc1cc(CCl)cc(Cl)c1OCCCOCC(F)(F)F. The van der Waals surface area contributed by atoms with Crippen LogP contribution in [-0.4, -0.2) is 33.1 Å². The Bertz CT molecular complexity index is 453. The molecule has 0 saturated carbocycles. The Morgan fingerprint density at radius 1 is 1.19 bits per heavy atom. The molecule has 1 aromatic carbocycles. The van der Waals surface area contributed by atoms with Crippen molar-refractivity contribution in [3.05, 3.63) is 22.7 Å². The number of methoxy groups -OCH3 is 1. The zero-order valence-electron chi connectivity index (χ0n) is 11.3. The summed E-state index contributed by atoms with van der Waals surface area (Å²) in [6.45, 7) is -1.16. The molecule has 0 atom stereocenters. The van der Waals surface area contributed by atoms with Crippen LogP contribution < -0.4 is 9.47 Å². The third-order valence-electron chi connectivity index (χ3n) is 2.39. The molecule has 0 radical (unpaired) electrons. The van der Waals surface area contributed by atoms with Gasteiger partial charge >= 0.3 is 6.18 Å². The van der Waals surface area contributed by atoms with Crippen LogP contribution in [-0.2, 0) is 10.6 Å². The molecule has 0 fully saturated rings. The van der Waals surface area contributed by atoms with E-state index in [9.17, 15) is 13.2 Å². The molecule has 8 heteroatoms. The first-order valence-corrected chi connectivity index (χ1v) is 6.98. The minimum atomic E-state index is -4.31. The predicted octanol–water partition coefficient (Wildman–Crippen LogP) is 4.44. The van der Waals surface area contributed by atoms with Crippen LogP contribution in [0.25, 0.3) is 0 Å². The molecule has 0 unspecified atom stereocenters. The number of hydrogen-bond acceptors (Lipinski definition) is 3. The molecule has 0 aromatic heterocycles. The molecule has 21 heavy (non-hydrogen) atoms. The largest absolute Gasteiger partial charge is 0.493 e. The van der Waals surface area contributed by atoms with Crippen LogP contribution in [0.1, 0.15) is 12.0 Å². The molecule has 3 nitrogen and oxygen atoms in total. The van der Waals surface area contributed by atoms with E-state index in [-0.39, 0.29) is 19.1 Å². The molecule has 1 rings (SSSR count). The zero-order chi connectivity index (χ0) is 15.9. The lowest BCUT2D eigenvalue weighted by atomic mass is 10.2. The molecular formula is C13H15Cl2F3O3. The fraction of sp³-hybridized carbons (Fsp3) is 0.538. The van der Waals surface area contributed by atoms with Crippen molar-refractivity contribution in [3.63, 3.8) is 0 Å². The van der Waals surface area contributed by atoms with Gasteiger partial charge in [-0.1, -0.05) is 11.6 Å². The third kappa shape index (κ3) is 6.63. The summed E-state index contributed by atoms with van der Waals surface area (Å²) < 4.78 is 50.6. The standard InChI is InChI=1S/C13H15Cl2F3O3/c1-19-11-6-9(7-14)5-10(15)12(11)21-4-2-3-20-8-13(16,17)18/h5-6H,2-4,7-8H2,1H3. The Labute approximate surface area is 130 Å². The van der Waals surface area contributed by atoms with Gasteiger partial charge in [-0.3, -0.25) is 0 Å². The van der Waals surface area contributed by atoms with Gasteiger partial charge in [0.15, 0.2) is 11.5 Å². The van der Waals surface area contributed by atoms with Crippen molar-refractivity contribution >= 4 is 23.2 Å². The molecule has 120 valence electrons. The quantitative estimate of drug-likeness (QED) is 0.514. The molecule has 0 amide bonds. The number of alkyl halides is 4. The monoisotopic (exact) mass is 346 g/mol. The summed E-state index contributed by atoms with van der Waals surface area (Å²) in [5, 5.41) is 0.334. The van der Waals surface area contributed by atoms with Crippen LogP contribution in [0.3, 0.4) is 0 Å². The topological polar surface area (TPSA) is 27.7 Å². The van der Waals surface area contributed by atoms with E-state index in [0.29, 0.717) is 22.9 Å². The average Bonchev–Trinajstić information content (AvgIpc) is 2.42. The smallest absolute Gasteiger partial charge is 0.411 e. The van der Waals surface area contributed by atoms with E-state index in [1.807, 2.05) is 0 Å². The second-order valence-corrected chi connectivity index (χ2v) is 4.79. The Balaban J connectivity index is 2.45. The van der Waals surface area contributed by atoms with Crippen LogP contribution in [0.5, 0.6) is 11.5 Å². The van der Waals surface area contributed by atoms with Gasteiger partial charge in [-0.2, -0.15) is 13.2 Å². The lowest BCUT2D eigenvalue weighted by Gasteiger charge is -2.14. The van der Waals surface area contributed by atoms with E-state index >= 15 is 0 Å². The molecule has 0 aliphatic heterocycles. The number of ether oxygens (including phenoxy) is 3. The number of hydrogen-bond donors (Lipinski definition) is 0. The number of rotatable bonds is 8. The normalized spacial score (nSPS) is 11.5. The van der Waals surface area contributed by atoms with Crippen molar-refractivity contribution in [1.29, 1.82) is 0 Å². The van der Waals surface area contributed by atoms with E-state index in [4.69, 9.17) is 32.7 Å². The minimum absolute atomic E-state index is 0.0563. The number of benzene rings is 1. The van der Waals surface area contributed by atoms with Gasteiger partial charge in [-0.05, 0) is 17.7 Å². The van der Waals surface area contributed by atoms with Crippen molar-refractivity contribution in [2.75, 3.05) is 26.9 Å². The van der Waals surface area contributed by atoms with Gasteiger partial charge < -0.3 is 14.2 Å². The first-order valence-electron chi connectivity index (χ1n) is 6.07. The molecule has 1 aromatic rings. The molecule has 0 aliphatic rings. The maximum absolute atomic E-state index is 11.9. The van der Waals surface area contributed by atoms with Crippen molar-refractivity contribution in [3.8, 4) is 11.5 Å². The first-order chi connectivity index (χ1) is 9.87. The zero-order valence-corrected chi connectivity index (χ0v) is 12.8. The Morgan fingerprint density at radius 2 is 1.90 bits per heavy atom. The predicted molar refractivity (Wildman–Crippen MR) is 74.5 cm³/mol. The van der Waals surface area contributed by atoms with Crippen LogP contribution in [0, 0.1) is 0 Å². The highest BCUT2D eigenvalue weighted by Crippen LogP contribution is 2.36. The molecule has 0 saturated heterocycles. The van der Waals surface area contributed by atoms with Crippen molar-refractivity contribution < 1.29 is 27.4 Å². The third-order valence-corrected chi connectivity index (χ3v) is 2.98. The van der Waals surface area contributed by atoms with Gasteiger partial charge in [0.1, 0.15) is 6.61 Å². The second kappa shape index (κ2) is 8.56. The van der Waals surface area contributed by atoms with Gasteiger partial charge in [-0.15, -0.1) is 11.6 Å². The van der Waals surface area contributed by atoms with E-state index in [1.54, 1.807) is 12.1 Å². The van der Waals surface area contributed by atoms with E-state index in [2.05, 4.69) is 4.74 Å². The number of halogens is 5. The summed E-state index contributed by atoms with van der Waals surface area (Å²) in [6, 6.07) is 3.33. The van der Waals surface area contributed by atoms with E-state index in [1.165, 1.54) is 7.11 Å². The summed E-state index contributed by atoms with van der Waals surface area (Å²) in [7, 11) is 1.46. The van der Waals surface area contributed by atoms with E-state index in [0.717, 1.165) is 5.56 Å². The van der Waals surface area contributed by atoms with Crippen LogP contribution >= 0.6 is 23.2 Å². The van der Waals surface area contributed by atoms with Gasteiger partial charge in [0.2, 0.25) is 0 Å². The molecular weight excluding hydrogens is 332 g/mol. The average molecular weight is 347 g/mol. The van der Waals surface area contributed by atoms with Gasteiger partial charge in [-0.25, -0.2) is 0 Å². The Hall–Kier alpha value is -0.850. The van der Waals surface area contributed by atoms with Crippen LogP contribution in [0.2, 0.25) is 5.02 Å². The molecule has 0 N–H and O–H groups in total. The summed E-state index contributed by atoms with van der Waals surface area (Å²) in [5.74, 6) is 1.04. The van der Waals surface area contributed by atoms with Gasteiger partial charge in [0.25, 0.3) is 0 Å². The summed E-state index contributed by atoms with van der Waals surface area (Å²) in [5.41, 5.74) is 0.777. The van der Waals surface area contributed by atoms with Crippen LogP contribution in [0.4, 0.5) is 13.2 Å². The summed E-state index contributed by atoms with van der Waals surface area (Å²) in [4.78, 5) is 0. The highest BCUT2D eigenvalue weighted by Gasteiger charge is 2.27. The minimum Gasteiger partial charge on any atom is -0.493 e. The fourth-order valence-corrected chi connectivity index (χ4v) is 1.96. The van der Waals surface area contributed by atoms with Crippen LogP contribution in [0.15, 0.2) is 12.1 Å².